The average Bonchev–Trinajstić information content (AvgIpc) is 3.10. The van der Waals surface area contributed by atoms with Gasteiger partial charge in [-0.05, 0) is 25.0 Å². The Kier molecular flexibility index (Phi) is 8.84. The van der Waals surface area contributed by atoms with Crippen LogP contribution in [0, 0.1) is 0 Å². The highest BCUT2D eigenvalue weighted by Gasteiger charge is 2.25. The first kappa shape index (κ1) is 21.0. The zero-order valence-corrected chi connectivity index (χ0v) is 15.6. The van der Waals surface area contributed by atoms with Gasteiger partial charge >= 0.3 is 0 Å². The van der Waals surface area contributed by atoms with Crippen molar-refractivity contribution in [2.24, 2.45) is 0 Å². The molecule has 1 heterocycles. The maximum Gasteiger partial charge on any atom is 0.254 e. The third-order valence-electron chi connectivity index (χ3n) is 4.63. The number of para-hydroxylation sites is 2. The quantitative estimate of drug-likeness (QED) is 0.849. The first-order chi connectivity index (χ1) is 10.8. The van der Waals surface area contributed by atoms with Crippen molar-refractivity contribution < 1.29 is 9.53 Å². The van der Waals surface area contributed by atoms with Crippen LogP contribution in [0.2, 0.25) is 0 Å². The Morgan fingerprint density at radius 3 is 2.62 bits per heavy atom. The van der Waals surface area contributed by atoms with Crippen LogP contribution in [0.5, 0.6) is 0 Å². The average molecular weight is 376 g/mol. The van der Waals surface area contributed by atoms with Crippen LogP contribution in [0.4, 0.5) is 11.4 Å². The second kappa shape index (κ2) is 10.1. The Bertz CT molecular complexity index is 518. The molecule has 24 heavy (non-hydrogen) atoms. The van der Waals surface area contributed by atoms with Gasteiger partial charge in [0.1, 0.15) is 6.10 Å². The minimum absolute atomic E-state index is 0. The van der Waals surface area contributed by atoms with Crippen molar-refractivity contribution in [2.75, 3.05) is 37.0 Å². The lowest BCUT2D eigenvalue weighted by molar-refractivity contribution is -0.128. The van der Waals surface area contributed by atoms with Crippen LogP contribution in [0.1, 0.15) is 25.7 Å². The molecule has 1 unspecified atom stereocenters. The van der Waals surface area contributed by atoms with E-state index in [9.17, 15) is 4.79 Å². The summed E-state index contributed by atoms with van der Waals surface area (Å²) in [5.41, 5.74) is 1.96. The standard InChI is InChI=1S/C17H25N3O2.2ClH/c1-20(13-6-2-3-7-13)15-9-5-4-8-14(15)19-17(21)16-12-18-10-11-22-16;;/h4-5,8-9,13,16,18H,2-3,6-7,10-12H2,1H3,(H,19,21);2*1H. The number of amides is 1. The minimum atomic E-state index is -0.404. The number of nitrogens with zero attached hydrogens (tertiary/aromatic N) is 1. The summed E-state index contributed by atoms with van der Waals surface area (Å²) in [6, 6.07) is 8.60. The lowest BCUT2D eigenvalue weighted by atomic mass is 10.1. The summed E-state index contributed by atoms with van der Waals surface area (Å²) in [5, 5.41) is 6.23. The molecule has 7 heteroatoms. The molecule has 0 aromatic heterocycles. The van der Waals surface area contributed by atoms with E-state index in [4.69, 9.17) is 4.74 Å². The lowest BCUT2D eigenvalue weighted by Gasteiger charge is -2.29. The highest BCUT2D eigenvalue weighted by atomic mass is 35.5. The third kappa shape index (κ3) is 4.99. The number of carbonyl (C=O) groups excluding carboxylic acids is 1. The highest BCUT2D eigenvalue weighted by Crippen LogP contribution is 2.31. The maximum absolute atomic E-state index is 12.4. The maximum atomic E-state index is 12.4. The predicted molar refractivity (Wildman–Crippen MR) is 103 cm³/mol. The lowest BCUT2D eigenvalue weighted by Crippen LogP contribution is -2.45. The molecule has 1 atom stereocenters. The van der Waals surface area contributed by atoms with E-state index in [1.165, 1.54) is 25.7 Å². The molecule has 2 N–H and O–H groups in total. The van der Waals surface area contributed by atoms with Crippen LogP contribution in [0.15, 0.2) is 24.3 Å². The van der Waals surface area contributed by atoms with Gasteiger partial charge in [-0.1, -0.05) is 25.0 Å². The molecule has 0 spiro atoms. The number of morpholine rings is 1. The SMILES string of the molecule is CN(c1ccccc1NC(=O)C1CNCCO1)C1CCCC1.Cl.Cl. The molecule has 0 radical (unpaired) electrons. The number of hydrogen-bond donors (Lipinski definition) is 2. The highest BCUT2D eigenvalue weighted by molar-refractivity contribution is 5.97. The van der Waals surface area contributed by atoms with E-state index in [-0.39, 0.29) is 30.7 Å². The fourth-order valence-corrected chi connectivity index (χ4v) is 3.32. The number of rotatable bonds is 4. The Balaban J connectivity index is 0.00000144. The topological polar surface area (TPSA) is 53.6 Å². The molecule has 1 saturated carbocycles. The van der Waals surface area contributed by atoms with Crippen LogP contribution in [-0.2, 0) is 9.53 Å². The van der Waals surface area contributed by atoms with E-state index in [1.807, 2.05) is 18.2 Å². The molecule has 2 aliphatic rings. The zero-order chi connectivity index (χ0) is 15.4. The van der Waals surface area contributed by atoms with Crippen LogP contribution in [0.25, 0.3) is 0 Å². The largest absolute Gasteiger partial charge is 0.370 e. The summed E-state index contributed by atoms with van der Waals surface area (Å²) in [6.07, 6.45) is 4.65. The third-order valence-corrected chi connectivity index (χ3v) is 4.63. The van der Waals surface area contributed by atoms with Gasteiger partial charge in [-0.25, -0.2) is 0 Å². The number of benzene rings is 1. The normalized spacial score (nSPS) is 20.6. The molecule has 136 valence electrons. The Morgan fingerprint density at radius 2 is 1.96 bits per heavy atom. The number of nitrogens with one attached hydrogen (secondary N) is 2. The van der Waals surface area contributed by atoms with Crippen molar-refractivity contribution >= 4 is 42.1 Å². The van der Waals surface area contributed by atoms with Gasteiger partial charge < -0.3 is 20.3 Å². The predicted octanol–water partition coefficient (Wildman–Crippen LogP) is 2.84. The smallest absolute Gasteiger partial charge is 0.254 e. The number of carbonyl (C=O) groups is 1. The molecule has 2 fully saturated rings. The summed E-state index contributed by atoms with van der Waals surface area (Å²) in [5.74, 6) is -0.0699. The summed E-state index contributed by atoms with van der Waals surface area (Å²) in [6.45, 7) is 1.97. The van der Waals surface area contributed by atoms with E-state index in [0.717, 1.165) is 17.9 Å². The summed E-state index contributed by atoms with van der Waals surface area (Å²) in [4.78, 5) is 14.7. The number of halogens is 2. The molecule has 1 aromatic carbocycles. The van der Waals surface area contributed by atoms with Gasteiger partial charge in [0.05, 0.1) is 18.0 Å². The molecule has 1 aromatic rings. The van der Waals surface area contributed by atoms with Gasteiger partial charge in [0, 0.05) is 26.2 Å². The van der Waals surface area contributed by atoms with Crippen molar-refractivity contribution in [3.8, 4) is 0 Å². The zero-order valence-electron chi connectivity index (χ0n) is 14.0. The van der Waals surface area contributed by atoms with Gasteiger partial charge in [-0.15, -0.1) is 24.8 Å². The van der Waals surface area contributed by atoms with Crippen LogP contribution < -0.4 is 15.5 Å². The molecule has 3 rings (SSSR count). The van der Waals surface area contributed by atoms with Gasteiger partial charge in [0.2, 0.25) is 0 Å². The molecule has 1 aliphatic heterocycles. The number of anilines is 2. The summed E-state index contributed by atoms with van der Waals surface area (Å²) < 4.78 is 5.52. The summed E-state index contributed by atoms with van der Waals surface area (Å²) in [7, 11) is 2.12. The van der Waals surface area contributed by atoms with Crippen LogP contribution in [0.3, 0.4) is 0 Å². The number of ether oxygens (including phenoxy) is 1. The molecule has 5 nitrogen and oxygen atoms in total. The van der Waals surface area contributed by atoms with E-state index >= 15 is 0 Å². The van der Waals surface area contributed by atoms with Crippen molar-refractivity contribution in [2.45, 2.75) is 37.8 Å². The second-order valence-electron chi connectivity index (χ2n) is 6.12. The summed E-state index contributed by atoms with van der Waals surface area (Å²) >= 11 is 0. The monoisotopic (exact) mass is 375 g/mol. The van der Waals surface area contributed by atoms with Crippen LogP contribution in [-0.4, -0.2) is 44.8 Å². The fraction of sp³-hybridized carbons (Fsp3) is 0.588. The van der Waals surface area contributed by atoms with Gasteiger partial charge in [0.15, 0.2) is 0 Å². The first-order valence-corrected chi connectivity index (χ1v) is 8.21. The number of hydrogen-bond acceptors (Lipinski definition) is 4. The molecule has 1 amide bonds. The Hall–Kier alpha value is -1.01. The fourth-order valence-electron chi connectivity index (χ4n) is 3.32. The van der Waals surface area contributed by atoms with E-state index < -0.39 is 6.10 Å². The van der Waals surface area contributed by atoms with Gasteiger partial charge in [-0.2, -0.15) is 0 Å². The molecular weight excluding hydrogens is 349 g/mol. The first-order valence-electron chi connectivity index (χ1n) is 8.21. The molecular formula is C17H27Cl2N3O2. The minimum Gasteiger partial charge on any atom is -0.370 e. The van der Waals surface area contributed by atoms with E-state index in [2.05, 4.69) is 28.6 Å². The molecule has 1 saturated heterocycles. The molecule has 0 bridgehead atoms. The van der Waals surface area contributed by atoms with Gasteiger partial charge in [-0.3, -0.25) is 4.79 Å². The van der Waals surface area contributed by atoms with Crippen molar-refractivity contribution in [1.29, 1.82) is 0 Å². The van der Waals surface area contributed by atoms with Crippen molar-refractivity contribution in [3.05, 3.63) is 24.3 Å². The van der Waals surface area contributed by atoms with Crippen molar-refractivity contribution in [3.63, 3.8) is 0 Å². The second-order valence-corrected chi connectivity index (χ2v) is 6.12. The Labute approximate surface area is 156 Å². The van der Waals surface area contributed by atoms with E-state index in [1.54, 1.807) is 0 Å². The Morgan fingerprint density at radius 1 is 1.25 bits per heavy atom. The molecule has 1 aliphatic carbocycles. The van der Waals surface area contributed by atoms with Crippen LogP contribution >= 0.6 is 24.8 Å². The van der Waals surface area contributed by atoms with E-state index in [0.29, 0.717) is 19.2 Å². The van der Waals surface area contributed by atoms with Crippen molar-refractivity contribution in [1.82, 2.24) is 5.32 Å². The van der Waals surface area contributed by atoms with Gasteiger partial charge in [0.25, 0.3) is 5.91 Å².